The smallest absolute Gasteiger partial charge is 0.221 e. The number of nitrogens with one attached hydrogen (secondary N) is 1. The Kier molecular flexibility index (Phi) is 5.00. The number of hydrogen-bond donors (Lipinski definition) is 1. The van der Waals surface area contributed by atoms with E-state index in [1.807, 2.05) is 47.9 Å². The van der Waals surface area contributed by atoms with Crippen molar-refractivity contribution in [2.75, 3.05) is 5.32 Å². The maximum atomic E-state index is 11.0. The Morgan fingerprint density at radius 3 is 2.68 bits per heavy atom. The first-order chi connectivity index (χ1) is 12.0. The van der Waals surface area contributed by atoms with Gasteiger partial charge < -0.3 is 14.6 Å². The Balaban J connectivity index is 1.63. The van der Waals surface area contributed by atoms with Crippen molar-refractivity contribution in [3.63, 3.8) is 0 Å². The van der Waals surface area contributed by atoms with Gasteiger partial charge in [0.1, 0.15) is 5.65 Å². The average molecular weight is 357 g/mol. The molecule has 0 bridgehead atoms. The molecule has 0 unspecified atom stereocenters. The summed E-state index contributed by atoms with van der Waals surface area (Å²) in [5.74, 6) is -0.102. The highest BCUT2D eigenvalue weighted by Crippen LogP contribution is 2.13. The van der Waals surface area contributed by atoms with E-state index in [1.54, 1.807) is 12.3 Å². The van der Waals surface area contributed by atoms with Gasteiger partial charge >= 0.3 is 0 Å². The average Bonchev–Trinajstić information content (AvgIpc) is 2.96. The van der Waals surface area contributed by atoms with Crippen LogP contribution in [0.3, 0.4) is 0 Å². The minimum atomic E-state index is -0.102. The molecule has 0 fully saturated rings. The fourth-order valence-corrected chi connectivity index (χ4v) is 2.50. The number of rotatable bonds is 5. The number of pyridine rings is 1. The lowest BCUT2D eigenvalue weighted by Gasteiger charge is -2.04. The largest absolute Gasteiger partial charge is 0.389 e. The van der Waals surface area contributed by atoms with Gasteiger partial charge in [-0.05, 0) is 36.8 Å². The molecule has 0 radical (unpaired) electrons. The van der Waals surface area contributed by atoms with Crippen LogP contribution >= 0.6 is 11.6 Å². The third-order valence-electron chi connectivity index (χ3n) is 3.50. The van der Waals surface area contributed by atoms with Gasteiger partial charge in [0.2, 0.25) is 5.91 Å². The summed E-state index contributed by atoms with van der Waals surface area (Å²) in [6.45, 7) is 3.60. The number of halogens is 1. The lowest BCUT2D eigenvalue weighted by atomic mass is 10.1. The van der Waals surface area contributed by atoms with Gasteiger partial charge in [-0.25, -0.2) is 4.98 Å². The minimum Gasteiger partial charge on any atom is -0.389 e. The molecule has 0 spiro atoms. The highest BCUT2D eigenvalue weighted by atomic mass is 35.5. The van der Waals surface area contributed by atoms with Crippen LogP contribution in [0.15, 0.2) is 53.9 Å². The first kappa shape index (κ1) is 17.0. The zero-order valence-electron chi connectivity index (χ0n) is 13.9. The monoisotopic (exact) mass is 356 g/mol. The molecule has 6 nitrogen and oxygen atoms in total. The topological polar surface area (TPSA) is 68.0 Å². The zero-order valence-corrected chi connectivity index (χ0v) is 14.6. The molecule has 3 rings (SSSR count). The molecule has 7 heteroatoms. The maximum absolute atomic E-state index is 11.0. The van der Waals surface area contributed by atoms with E-state index in [4.69, 9.17) is 16.4 Å². The van der Waals surface area contributed by atoms with E-state index < -0.39 is 0 Å². The second-order valence-electron chi connectivity index (χ2n) is 5.55. The van der Waals surface area contributed by atoms with Crippen LogP contribution in [0.4, 0.5) is 5.69 Å². The van der Waals surface area contributed by atoms with E-state index in [-0.39, 0.29) is 12.5 Å². The lowest BCUT2D eigenvalue weighted by molar-refractivity contribution is -0.114. The van der Waals surface area contributed by atoms with E-state index in [0.29, 0.717) is 5.02 Å². The van der Waals surface area contributed by atoms with Crippen LogP contribution < -0.4 is 5.32 Å². The highest BCUT2D eigenvalue weighted by molar-refractivity contribution is 6.30. The van der Waals surface area contributed by atoms with Crippen molar-refractivity contribution in [2.24, 2.45) is 5.16 Å². The second-order valence-corrected chi connectivity index (χ2v) is 5.99. The molecule has 1 amide bonds. The lowest BCUT2D eigenvalue weighted by Crippen LogP contribution is -2.06. The summed E-state index contributed by atoms with van der Waals surface area (Å²) < 4.78 is 1.85. The number of hydrogen-bond acceptors (Lipinski definition) is 4. The number of benzene rings is 1. The van der Waals surface area contributed by atoms with Gasteiger partial charge in [-0.2, -0.15) is 0 Å². The van der Waals surface area contributed by atoms with Crippen molar-refractivity contribution in [3.05, 3.63) is 65.1 Å². The number of carbonyl (C=O) groups is 1. The number of carbonyl (C=O) groups excluding carboxylic acids is 1. The molecule has 2 heterocycles. The van der Waals surface area contributed by atoms with Crippen LogP contribution in [0, 0.1) is 0 Å². The molecule has 2 aromatic heterocycles. The number of imidazole rings is 1. The maximum Gasteiger partial charge on any atom is 0.221 e. The molecule has 0 saturated heterocycles. The standard InChI is InChI=1S/C18H17ClN4O2/c1-12(14-3-6-16(7-4-14)20-13(2)24)22-25-11-17-10-23-9-15(19)5-8-18(23)21-17/h3-10H,11H2,1-2H3,(H,20,24). The predicted molar refractivity (Wildman–Crippen MR) is 97.9 cm³/mol. The number of oxime groups is 1. The highest BCUT2D eigenvalue weighted by Gasteiger charge is 2.04. The van der Waals surface area contributed by atoms with Crippen molar-refractivity contribution in [1.29, 1.82) is 0 Å². The Bertz CT molecular complexity index is 932. The first-order valence-corrected chi connectivity index (χ1v) is 8.07. The molecular formula is C18H17ClN4O2. The fourth-order valence-electron chi connectivity index (χ4n) is 2.33. The van der Waals surface area contributed by atoms with Crippen LogP contribution in [-0.4, -0.2) is 21.0 Å². The van der Waals surface area contributed by atoms with Crippen molar-refractivity contribution in [2.45, 2.75) is 20.5 Å². The molecule has 3 aromatic rings. The van der Waals surface area contributed by atoms with Crippen LogP contribution in [0.25, 0.3) is 5.65 Å². The van der Waals surface area contributed by atoms with Crippen LogP contribution in [0.5, 0.6) is 0 Å². The molecule has 1 aromatic carbocycles. The summed E-state index contributed by atoms with van der Waals surface area (Å²) in [5, 5.41) is 7.49. The Morgan fingerprint density at radius 2 is 1.96 bits per heavy atom. The Hall–Kier alpha value is -2.86. The molecule has 1 N–H and O–H groups in total. The second kappa shape index (κ2) is 7.36. The summed E-state index contributed by atoms with van der Waals surface area (Å²) in [6.07, 6.45) is 3.65. The quantitative estimate of drug-likeness (QED) is 0.557. The van der Waals surface area contributed by atoms with Crippen molar-refractivity contribution < 1.29 is 9.63 Å². The molecular weight excluding hydrogens is 340 g/mol. The molecule has 0 atom stereocenters. The van der Waals surface area contributed by atoms with Crippen LogP contribution in [0.2, 0.25) is 5.02 Å². The molecule has 0 aliphatic carbocycles. The van der Waals surface area contributed by atoms with E-state index >= 15 is 0 Å². The Labute approximate surface area is 150 Å². The number of amides is 1. The fraction of sp³-hybridized carbons (Fsp3) is 0.167. The van der Waals surface area contributed by atoms with Gasteiger partial charge in [-0.1, -0.05) is 28.9 Å². The summed E-state index contributed by atoms with van der Waals surface area (Å²) >= 11 is 5.96. The van der Waals surface area contributed by atoms with Gasteiger partial charge in [0.15, 0.2) is 6.61 Å². The Morgan fingerprint density at radius 1 is 1.20 bits per heavy atom. The number of anilines is 1. The van der Waals surface area contributed by atoms with E-state index in [9.17, 15) is 4.79 Å². The normalized spacial score (nSPS) is 11.6. The van der Waals surface area contributed by atoms with Gasteiger partial charge in [-0.3, -0.25) is 4.79 Å². The van der Waals surface area contributed by atoms with E-state index in [1.165, 1.54) is 6.92 Å². The number of aromatic nitrogens is 2. The number of fused-ring (bicyclic) bond motifs is 1. The summed E-state index contributed by atoms with van der Waals surface area (Å²) in [7, 11) is 0. The summed E-state index contributed by atoms with van der Waals surface area (Å²) in [6, 6.07) is 11.0. The van der Waals surface area contributed by atoms with E-state index in [0.717, 1.165) is 28.3 Å². The van der Waals surface area contributed by atoms with Gasteiger partial charge in [-0.15, -0.1) is 0 Å². The third kappa shape index (κ3) is 4.36. The van der Waals surface area contributed by atoms with Crippen molar-refractivity contribution in [3.8, 4) is 0 Å². The third-order valence-corrected chi connectivity index (χ3v) is 3.73. The minimum absolute atomic E-state index is 0.102. The predicted octanol–water partition coefficient (Wildman–Crippen LogP) is 3.89. The summed E-state index contributed by atoms with van der Waals surface area (Å²) in [4.78, 5) is 20.9. The van der Waals surface area contributed by atoms with Crippen LogP contribution in [0.1, 0.15) is 25.1 Å². The van der Waals surface area contributed by atoms with Crippen molar-refractivity contribution >= 4 is 34.6 Å². The van der Waals surface area contributed by atoms with Crippen molar-refractivity contribution in [1.82, 2.24) is 9.38 Å². The molecule has 25 heavy (non-hydrogen) atoms. The summed E-state index contributed by atoms with van der Waals surface area (Å²) in [5.41, 5.74) is 3.96. The molecule has 0 aliphatic heterocycles. The number of nitrogens with zero attached hydrogens (tertiary/aromatic N) is 3. The van der Waals surface area contributed by atoms with E-state index in [2.05, 4.69) is 15.5 Å². The molecule has 0 saturated carbocycles. The van der Waals surface area contributed by atoms with Gasteiger partial charge in [0.25, 0.3) is 0 Å². The zero-order chi connectivity index (χ0) is 17.8. The SMILES string of the molecule is CC(=O)Nc1ccc(C(C)=NOCc2cn3cc(Cl)ccc3n2)cc1. The van der Waals surface area contributed by atoms with Gasteiger partial charge in [0, 0.05) is 25.0 Å². The molecule has 0 aliphatic rings. The van der Waals surface area contributed by atoms with Crippen LogP contribution in [-0.2, 0) is 16.2 Å². The van der Waals surface area contributed by atoms with Gasteiger partial charge in [0.05, 0.1) is 16.4 Å². The molecule has 128 valence electrons. The first-order valence-electron chi connectivity index (χ1n) is 7.69.